The third-order valence-electron chi connectivity index (χ3n) is 5.65. The van der Waals surface area contributed by atoms with Crippen molar-refractivity contribution in [2.24, 2.45) is 5.92 Å². The van der Waals surface area contributed by atoms with Gasteiger partial charge >= 0.3 is 5.97 Å². The van der Waals surface area contributed by atoms with Gasteiger partial charge < -0.3 is 15.0 Å². The van der Waals surface area contributed by atoms with Gasteiger partial charge in [0.25, 0.3) is 11.6 Å². The van der Waals surface area contributed by atoms with Crippen LogP contribution in [-0.2, 0) is 9.53 Å². The van der Waals surface area contributed by atoms with Crippen LogP contribution < -0.4 is 10.2 Å². The predicted molar refractivity (Wildman–Crippen MR) is 104 cm³/mol. The zero-order valence-electron chi connectivity index (χ0n) is 16.2. The van der Waals surface area contributed by atoms with Crippen LogP contribution in [0.5, 0.6) is 0 Å². The van der Waals surface area contributed by atoms with Gasteiger partial charge in [-0.2, -0.15) is 0 Å². The van der Waals surface area contributed by atoms with E-state index in [0.717, 1.165) is 45.2 Å². The number of hydrogen-bond donors (Lipinski definition) is 1. The second-order valence-electron chi connectivity index (χ2n) is 7.67. The first kappa shape index (κ1) is 20.1. The van der Waals surface area contributed by atoms with Gasteiger partial charge in [0.15, 0.2) is 6.61 Å². The van der Waals surface area contributed by atoms with Gasteiger partial charge in [0.2, 0.25) is 0 Å². The van der Waals surface area contributed by atoms with Gasteiger partial charge in [-0.25, -0.2) is 4.79 Å². The fourth-order valence-electron chi connectivity index (χ4n) is 4.02. The average molecular weight is 389 g/mol. The number of nitro benzene ring substituents is 1. The van der Waals surface area contributed by atoms with Gasteiger partial charge in [0.05, 0.1) is 10.5 Å². The van der Waals surface area contributed by atoms with Gasteiger partial charge in [0.1, 0.15) is 5.69 Å². The molecule has 152 valence electrons. The summed E-state index contributed by atoms with van der Waals surface area (Å²) in [7, 11) is 0. The molecule has 2 aliphatic rings. The Labute approximate surface area is 164 Å². The Hall–Kier alpha value is -2.64. The summed E-state index contributed by atoms with van der Waals surface area (Å²) in [6.07, 6.45) is 6.27. The van der Waals surface area contributed by atoms with E-state index in [2.05, 4.69) is 12.2 Å². The topological polar surface area (TPSA) is 102 Å². The van der Waals surface area contributed by atoms with Crippen LogP contribution >= 0.6 is 0 Å². The minimum atomic E-state index is -0.733. The smallest absolute Gasteiger partial charge is 0.338 e. The first-order valence-corrected chi connectivity index (χ1v) is 9.95. The summed E-state index contributed by atoms with van der Waals surface area (Å²) in [5.74, 6) is -0.660. The average Bonchev–Trinajstić information content (AvgIpc) is 3.22. The number of carbonyl (C=O) groups is 2. The zero-order valence-corrected chi connectivity index (χ0v) is 16.2. The van der Waals surface area contributed by atoms with Crippen molar-refractivity contribution >= 4 is 23.3 Å². The van der Waals surface area contributed by atoms with Gasteiger partial charge in [-0.15, -0.1) is 0 Å². The van der Waals surface area contributed by atoms with E-state index in [-0.39, 0.29) is 29.8 Å². The maximum absolute atomic E-state index is 12.3. The number of rotatable bonds is 6. The first-order valence-electron chi connectivity index (χ1n) is 9.95. The Bertz CT molecular complexity index is 745. The highest BCUT2D eigenvalue weighted by molar-refractivity contribution is 5.93. The molecular formula is C20H27N3O5. The summed E-state index contributed by atoms with van der Waals surface area (Å²) in [6, 6.07) is 4.45. The number of nitro groups is 1. The van der Waals surface area contributed by atoms with E-state index in [1.54, 1.807) is 6.07 Å². The number of anilines is 1. The van der Waals surface area contributed by atoms with Crippen molar-refractivity contribution < 1.29 is 19.2 Å². The van der Waals surface area contributed by atoms with Crippen LogP contribution in [0.2, 0.25) is 0 Å². The third-order valence-corrected chi connectivity index (χ3v) is 5.65. The van der Waals surface area contributed by atoms with E-state index in [9.17, 15) is 19.7 Å². The number of ether oxygens (including phenoxy) is 1. The van der Waals surface area contributed by atoms with Crippen molar-refractivity contribution in [2.75, 3.05) is 24.6 Å². The molecule has 1 saturated carbocycles. The number of benzene rings is 1. The maximum atomic E-state index is 12.3. The summed E-state index contributed by atoms with van der Waals surface area (Å²) in [6.45, 7) is 3.26. The van der Waals surface area contributed by atoms with Crippen LogP contribution in [-0.4, -0.2) is 42.5 Å². The fraction of sp³-hybridized carbons (Fsp3) is 0.600. The molecule has 1 saturated heterocycles. The molecule has 0 bridgehead atoms. The van der Waals surface area contributed by atoms with E-state index in [0.29, 0.717) is 11.6 Å². The molecular weight excluding hydrogens is 362 g/mol. The van der Waals surface area contributed by atoms with Crippen LogP contribution in [0.15, 0.2) is 18.2 Å². The molecule has 0 unspecified atom stereocenters. The molecule has 1 amide bonds. The number of esters is 1. The van der Waals surface area contributed by atoms with E-state index in [1.807, 2.05) is 4.90 Å². The molecule has 8 nitrogen and oxygen atoms in total. The molecule has 1 aliphatic heterocycles. The Morgan fingerprint density at radius 1 is 1.21 bits per heavy atom. The standard InChI is InChI=1S/C20H27N3O5/c1-14-6-2-3-7-16(14)21-19(24)13-28-20(25)15-8-9-17(18(12-15)23(26)27)22-10-4-5-11-22/h8-9,12,14,16H,2-7,10-11,13H2,1H3,(H,21,24)/t14-,16+/m0/s1. The van der Waals surface area contributed by atoms with Crippen LogP contribution in [0, 0.1) is 16.0 Å². The molecule has 0 radical (unpaired) electrons. The largest absolute Gasteiger partial charge is 0.452 e. The van der Waals surface area contributed by atoms with Crippen molar-refractivity contribution in [3.63, 3.8) is 0 Å². The molecule has 1 aromatic carbocycles. The molecule has 2 atom stereocenters. The fourth-order valence-corrected chi connectivity index (χ4v) is 4.02. The number of nitrogens with one attached hydrogen (secondary N) is 1. The second-order valence-corrected chi connectivity index (χ2v) is 7.67. The van der Waals surface area contributed by atoms with Gasteiger partial charge in [0, 0.05) is 25.2 Å². The Kier molecular flexibility index (Phi) is 6.49. The van der Waals surface area contributed by atoms with E-state index in [4.69, 9.17) is 4.74 Å². The van der Waals surface area contributed by atoms with Gasteiger partial charge in [-0.1, -0.05) is 19.8 Å². The van der Waals surface area contributed by atoms with Crippen molar-refractivity contribution in [3.05, 3.63) is 33.9 Å². The van der Waals surface area contributed by atoms with Crippen molar-refractivity contribution in [1.82, 2.24) is 5.32 Å². The number of hydrogen-bond acceptors (Lipinski definition) is 6. The summed E-state index contributed by atoms with van der Waals surface area (Å²) < 4.78 is 5.08. The molecule has 1 aliphatic carbocycles. The zero-order chi connectivity index (χ0) is 20.1. The summed E-state index contributed by atoms with van der Waals surface area (Å²) in [5.41, 5.74) is 0.480. The SMILES string of the molecule is C[C@H]1CCCC[C@H]1NC(=O)COC(=O)c1ccc(N2CCCC2)c([N+](=O)[O-])c1. The summed E-state index contributed by atoms with van der Waals surface area (Å²) >= 11 is 0. The Morgan fingerprint density at radius 2 is 1.93 bits per heavy atom. The Morgan fingerprint density at radius 3 is 2.61 bits per heavy atom. The molecule has 2 fully saturated rings. The van der Waals surface area contributed by atoms with Crippen LogP contribution in [0.1, 0.15) is 55.8 Å². The van der Waals surface area contributed by atoms with E-state index >= 15 is 0 Å². The molecule has 1 heterocycles. The van der Waals surface area contributed by atoms with Gasteiger partial charge in [-0.3, -0.25) is 14.9 Å². The molecule has 8 heteroatoms. The molecule has 1 aromatic rings. The quantitative estimate of drug-likeness (QED) is 0.456. The normalized spacial score (nSPS) is 22.0. The van der Waals surface area contributed by atoms with Crippen LogP contribution in [0.4, 0.5) is 11.4 Å². The third kappa shape index (κ3) is 4.79. The lowest BCUT2D eigenvalue weighted by molar-refractivity contribution is -0.384. The summed E-state index contributed by atoms with van der Waals surface area (Å²) in [4.78, 5) is 37.3. The molecule has 0 aromatic heterocycles. The lowest BCUT2D eigenvalue weighted by Crippen LogP contribution is -2.42. The lowest BCUT2D eigenvalue weighted by atomic mass is 9.86. The van der Waals surface area contributed by atoms with Gasteiger partial charge in [-0.05, 0) is 43.7 Å². The predicted octanol–water partition coefficient (Wildman–Crippen LogP) is 3.05. The van der Waals surface area contributed by atoms with Crippen molar-refractivity contribution in [3.8, 4) is 0 Å². The minimum Gasteiger partial charge on any atom is -0.452 e. The van der Waals surface area contributed by atoms with E-state index in [1.165, 1.54) is 18.6 Å². The monoisotopic (exact) mass is 389 g/mol. The molecule has 3 rings (SSSR count). The number of amides is 1. The minimum absolute atomic E-state index is 0.0773. The highest BCUT2D eigenvalue weighted by atomic mass is 16.6. The second kappa shape index (κ2) is 9.03. The molecule has 0 spiro atoms. The Balaban J connectivity index is 1.59. The molecule has 28 heavy (non-hydrogen) atoms. The lowest BCUT2D eigenvalue weighted by Gasteiger charge is -2.29. The highest BCUT2D eigenvalue weighted by Gasteiger charge is 2.25. The van der Waals surface area contributed by atoms with Crippen molar-refractivity contribution in [1.29, 1.82) is 0 Å². The summed E-state index contributed by atoms with van der Waals surface area (Å²) in [5, 5.41) is 14.4. The van der Waals surface area contributed by atoms with E-state index < -0.39 is 10.9 Å². The highest BCUT2D eigenvalue weighted by Crippen LogP contribution is 2.31. The van der Waals surface area contributed by atoms with Crippen molar-refractivity contribution in [2.45, 2.75) is 51.5 Å². The van der Waals surface area contributed by atoms with Crippen LogP contribution in [0.3, 0.4) is 0 Å². The number of carbonyl (C=O) groups excluding carboxylic acids is 2. The maximum Gasteiger partial charge on any atom is 0.338 e. The van der Waals surface area contributed by atoms with Crippen LogP contribution in [0.25, 0.3) is 0 Å². The number of nitrogens with zero attached hydrogens (tertiary/aromatic N) is 2. The first-order chi connectivity index (χ1) is 13.5. The molecule has 1 N–H and O–H groups in total.